The Hall–Kier alpha value is -1.03. The molecule has 1 fully saturated rings. The summed E-state index contributed by atoms with van der Waals surface area (Å²) in [6.45, 7) is 6.28. The average molecular weight is 239 g/mol. The lowest BCUT2D eigenvalue weighted by Gasteiger charge is -2.25. The van der Waals surface area contributed by atoms with Crippen LogP contribution in [-0.2, 0) is 4.74 Å². The maximum absolute atomic E-state index is 6.00. The van der Waals surface area contributed by atoms with Crippen molar-refractivity contribution in [2.24, 2.45) is 4.99 Å². The third-order valence-electron chi connectivity index (χ3n) is 3.20. The van der Waals surface area contributed by atoms with Gasteiger partial charge in [0, 0.05) is 25.4 Å². The van der Waals surface area contributed by atoms with Crippen LogP contribution in [0.15, 0.2) is 16.3 Å². The molecule has 1 rings (SSSR count). The van der Waals surface area contributed by atoms with Crippen LogP contribution < -0.4 is 10.6 Å². The SMILES string of the molecule is CC/C(NC)=C(C)\C(=N/C)OC1CCNCC1. The highest BCUT2D eigenvalue weighted by atomic mass is 16.5. The normalized spacial score (nSPS) is 19.9. The first kappa shape index (κ1) is 14.0. The van der Waals surface area contributed by atoms with Crippen LogP contribution >= 0.6 is 0 Å². The highest BCUT2D eigenvalue weighted by molar-refractivity contribution is 5.93. The Balaban J connectivity index is 2.68. The van der Waals surface area contributed by atoms with Crippen molar-refractivity contribution in [3.63, 3.8) is 0 Å². The minimum atomic E-state index is 0.305. The van der Waals surface area contributed by atoms with E-state index in [1.807, 2.05) is 7.05 Å². The van der Waals surface area contributed by atoms with E-state index < -0.39 is 0 Å². The van der Waals surface area contributed by atoms with Gasteiger partial charge in [0.1, 0.15) is 6.10 Å². The van der Waals surface area contributed by atoms with Gasteiger partial charge in [-0.15, -0.1) is 0 Å². The van der Waals surface area contributed by atoms with Crippen molar-refractivity contribution in [2.45, 2.75) is 39.2 Å². The van der Waals surface area contributed by atoms with E-state index in [-0.39, 0.29) is 0 Å². The van der Waals surface area contributed by atoms with Crippen molar-refractivity contribution in [3.05, 3.63) is 11.3 Å². The second-order valence-electron chi connectivity index (χ2n) is 4.30. The zero-order chi connectivity index (χ0) is 12.7. The highest BCUT2D eigenvalue weighted by Gasteiger charge is 2.17. The van der Waals surface area contributed by atoms with Gasteiger partial charge in [-0.3, -0.25) is 4.99 Å². The Labute approximate surface area is 105 Å². The Morgan fingerprint density at radius 1 is 1.41 bits per heavy atom. The number of hydrogen-bond acceptors (Lipinski definition) is 4. The molecule has 2 N–H and O–H groups in total. The van der Waals surface area contributed by atoms with Gasteiger partial charge in [-0.25, -0.2) is 0 Å². The standard InChI is InChI=1S/C13H25N3O/c1-5-12(14-3)10(2)13(15-4)17-11-6-8-16-9-7-11/h11,14,16H,5-9H2,1-4H3/b12-10+,15-13+. The first-order chi connectivity index (χ1) is 8.22. The summed E-state index contributed by atoms with van der Waals surface area (Å²) in [4.78, 5) is 4.28. The first-order valence-electron chi connectivity index (χ1n) is 6.44. The fourth-order valence-corrected chi connectivity index (χ4v) is 2.14. The van der Waals surface area contributed by atoms with Gasteiger partial charge >= 0.3 is 0 Å². The van der Waals surface area contributed by atoms with Crippen molar-refractivity contribution in [1.29, 1.82) is 0 Å². The molecule has 0 unspecified atom stereocenters. The van der Waals surface area contributed by atoms with E-state index in [9.17, 15) is 0 Å². The molecule has 1 aliphatic heterocycles. The van der Waals surface area contributed by atoms with Crippen molar-refractivity contribution in [3.8, 4) is 0 Å². The summed E-state index contributed by atoms with van der Waals surface area (Å²) < 4.78 is 6.00. The lowest BCUT2D eigenvalue weighted by atomic mass is 10.1. The number of nitrogens with one attached hydrogen (secondary N) is 2. The number of aliphatic imine (C=N–C) groups is 1. The van der Waals surface area contributed by atoms with Crippen LogP contribution in [0.2, 0.25) is 0 Å². The molecule has 0 atom stereocenters. The van der Waals surface area contributed by atoms with Crippen LogP contribution in [0.1, 0.15) is 33.1 Å². The fraction of sp³-hybridized carbons (Fsp3) is 0.769. The summed E-state index contributed by atoms with van der Waals surface area (Å²) in [5.74, 6) is 0.781. The quantitative estimate of drug-likeness (QED) is 0.579. The molecule has 0 radical (unpaired) electrons. The van der Waals surface area contributed by atoms with Gasteiger partial charge in [0.2, 0.25) is 5.90 Å². The fourth-order valence-electron chi connectivity index (χ4n) is 2.14. The molecule has 0 aromatic heterocycles. The minimum absolute atomic E-state index is 0.305. The second-order valence-corrected chi connectivity index (χ2v) is 4.30. The molecule has 0 saturated carbocycles. The summed E-state index contributed by atoms with van der Waals surface area (Å²) in [7, 11) is 3.74. The van der Waals surface area contributed by atoms with Crippen molar-refractivity contribution >= 4 is 5.90 Å². The van der Waals surface area contributed by atoms with Crippen LogP contribution in [0.5, 0.6) is 0 Å². The van der Waals surface area contributed by atoms with Crippen LogP contribution in [0, 0.1) is 0 Å². The molecule has 0 aliphatic carbocycles. The maximum Gasteiger partial charge on any atom is 0.213 e. The zero-order valence-electron chi connectivity index (χ0n) is 11.5. The molecule has 0 bridgehead atoms. The minimum Gasteiger partial charge on any atom is -0.474 e. The zero-order valence-corrected chi connectivity index (χ0v) is 11.5. The van der Waals surface area contributed by atoms with Gasteiger partial charge in [-0.05, 0) is 39.3 Å². The summed E-state index contributed by atoms with van der Waals surface area (Å²) in [6, 6.07) is 0. The monoisotopic (exact) mass is 239 g/mol. The van der Waals surface area contributed by atoms with E-state index >= 15 is 0 Å². The van der Waals surface area contributed by atoms with Crippen LogP contribution in [0.25, 0.3) is 0 Å². The molecule has 4 nitrogen and oxygen atoms in total. The summed E-state index contributed by atoms with van der Waals surface area (Å²) in [6.07, 6.45) is 3.40. The number of rotatable bonds is 4. The van der Waals surface area contributed by atoms with Gasteiger partial charge in [0.15, 0.2) is 0 Å². The molecule has 4 heteroatoms. The van der Waals surface area contributed by atoms with Crippen LogP contribution in [0.4, 0.5) is 0 Å². The molecule has 0 aromatic rings. The molecule has 98 valence electrons. The number of nitrogens with zero attached hydrogens (tertiary/aromatic N) is 1. The average Bonchev–Trinajstić information content (AvgIpc) is 2.38. The van der Waals surface area contributed by atoms with E-state index in [0.29, 0.717) is 6.10 Å². The van der Waals surface area contributed by atoms with Gasteiger partial charge in [-0.2, -0.15) is 0 Å². The van der Waals surface area contributed by atoms with Crippen LogP contribution in [-0.4, -0.2) is 39.2 Å². The summed E-state index contributed by atoms with van der Waals surface area (Å²) in [5, 5.41) is 6.55. The summed E-state index contributed by atoms with van der Waals surface area (Å²) >= 11 is 0. The van der Waals surface area contributed by atoms with Gasteiger partial charge in [0.25, 0.3) is 0 Å². The maximum atomic E-state index is 6.00. The van der Waals surface area contributed by atoms with E-state index in [0.717, 1.165) is 43.8 Å². The van der Waals surface area contributed by atoms with Gasteiger partial charge in [-0.1, -0.05) is 6.92 Å². The van der Waals surface area contributed by atoms with Crippen LogP contribution in [0.3, 0.4) is 0 Å². The molecule has 0 aromatic carbocycles. The smallest absolute Gasteiger partial charge is 0.213 e. The molecular weight excluding hydrogens is 214 g/mol. The molecular formula is C13H25N3O. The Morgan fingerprint density at radius 3 is 2.53 bits per heavy atom. The molecule has 17 heavy (non-hydrogen) atoms. The topological polar surface area (TPSA) is 45.7 Å². The number of hydrogen-bond donors (Lipinski definition) is 2. The molecule has 1 aliphatic rings. The third-order valence-corrected chi connectivity index (χ3v) is 3.20. The predicted molar refractivity (Wildman–Crippen MR) is 72.4 cm³/mol. The van der Waals surface area contributed by atoms with E-state index in [1.54, 1.807) is 7.05 Å². The molecule has 0 amide bonds. The van der Waals surface area contributed by atoms with Gasteiger partial charge < -0.3 is 15.4 Å². The largest absolute Gasteiger partial charge is 0.474 e. The molecule has 0 spiro atoms. The predicted octanol–water partition coefficient (Wildman–Crippen LogP) is 1.69. The lowest BCUT2D eigenvalue weighted by Crippen LogP contribution is -2.34. The Bertz CT molecular complexity index is 285. The second kappa shape index (κ2) is 7.33. The number of ether oxygens (including phenoxy) is 1. The third kappa shape index (κ3) is 4.04. The Kier molecular flexibility index (Phi) is 6.05. The van der Waals surface area contributed by atoms with Crippen molar-refractivity contribution in [1.82, 2.24) is 10.6 Å². The van der Waals surface area contributed by atoms with E-state index in [4.69, 9.17) is 4.74 Å². The molecule has 1 saturated heterocycles. The van der Waals surface area contributed by atoms with Crippen molar-refractivity contribution in [2.75, 3.05) is 27.2 Å². The summed E-state index contributed by atoms with van der Waals surface area (Å²) in [5.41, 5.74) is 2.32. The van der Waals surface area contributed by atoms with Gasteiger partial charge in [0.05, 0.1) is 0 Å². The van der Waals surface area contributed by atoms with Crippen molar-refractivity contribution < 1.29 is 4.74 Å². The number of allylic oxidation sites excluding steroid dienone is 1. The Morgan fingerprint density at radius 2 is 2.06 bits per heavy atom. The lowest BCUT2D eigenvalue weighted by molar-refractivity contribution is 0.150. The first-order valence-corrected chi connectivity index (χ1v) is 6.44. The van der Waals surface area contributed by atoms with E-state index in [2.05, 4.69) is 29.5 Å². The molecule has 1 heterocycles. The number of piperidine rings is 1. The van der Waals surface area contributed by atoms with E-state index in [1.165, 1.54) is 5.70 Å². The highest BCUT2D eigenvalue weighted by Crippen LogP contribution is 2.14.